The van der Waals surface area contributed by atoms with Crippen LogP contribution in [0.4, 0.5) is 30.0 Å². The van der Waals surface area contributed by atoms with E-state index in [1.165, 1.54) is 12.1 Å². The predicted octanol–water partition coefficient (Wildman–Crippen LogP) is 2.21. The SMILES string of the molecule is F[B-](F)(F)c1ccc(N(c2ccccc2)c2ccccc2)cc1.[K+]. The fraction of sp³-hybridized carbons (Fsp3) is 0. The predicted molar refractivity (Wildman–Crippen MR) is 89.8 cm³/mol. The molecule has 6 heteroatoms. The van der Waals surface area contributed by atoms with Gasteiger partial charge < -0.3 is 17.8 Å². The molecule has 0 unspecified atom stereocenters. The molecule has 0 amide bonds. The van der Waals surface area contributed by atoms with E-state index in [0.29, 0.717) is 5.69 Å². The minimum atomic E-state index is -4.98. The van der Waals surface area contributed by atoms with Gasteiger partial charge in [0.1, 0.15) is 0 Å². The number of halogens is 3. The average molecular weight is 351 g/mol. The van der Waals surface area contributed by atoms with Crippen LogP contribution in [0.25, 0.3) is 0 Å². The molecule has 0 spiro atoms. The van der Waals surface area contributed by atoms with Crippen molar-refractivity contribution in [3.63, 3.8) is 0 Å². The van der Waals surface area contributed by atoms with Crippen LogP contribution in [0.2, 0.25) is 0 Å². The van der Waals surface area contributed by atoms with Gasteiger partial charge in [-0.25, -0.2) is 0 Å². The molecule has 0 aliphatic heterocycles. The molecule has 0 aromatic heterocycles. The summed E-state index contributed by atoms with van der Waals surface area (Å²) in [6, 6.07) is 24.4. The molecule has 0 fully saturated rings. The number of anilines is 3. The van der Waals surface area contributed by atoms with Crippen LogP contribution < -0.4 is 61.7 Å². The van der Waals surface area contributed by atoms with E-state index >= 15 is 0 Å². The largest absolute Gasteiger partial charge is 1.00 e. The first-order valence-corrected chi connectivity index (χ1v) is 7.26. The van der Waals surface area contributed by atoms with Crippen molar-refractivity contribution in [2.75, 3.05) is 4.90 Å². The van der Waals surface area contributed by atoms with Crippen molar-refractivity contribution in [2.45, 2.75) is 0 Å². The van der Waals surface area contributed by atoms with Gasteiger partial charge in [-0.1, -0.05) is 48.5 Å². The molecule has 3 rings (SSSR count). The quantitative estimate of drug-likeness (QED) is 0.652. The summed E-state index contributed by atoms with van der Waals surface area (Å²) in [7, 11) is 0. The Bertz CT molecular complexity index is 722. The summed E-state index contributed by atoms with van der Waals surface area (Å²) in [5.41, 5.74) is 1.88. The molecule has 0 atom stereocenters. The maximum Gasteiger partial charge on any atom is 1.00 e. The van der Waals surface area contributed by atoms with E-state index in [2.05, 4.69) is 0 Å². The Morgan fingerprint density at radius 1 is 0.542 bits per heavy atom. The summed E-state index contributed by atoms with van der Waals surface area (Å²) in [4.78, 5) is 1.92. The maximum absolute atomic E-state index is 12.8. The molecule has 3 aromatic carbocycles. The van der Waals surface area contributed by atoms with Crippen molar-refractivity contribution in [3.8, 4) is 0 Å². The van der Waals surface area contributed by atoms with Crippen molar-refractivity contribution in [1.29, 1.82) is 0 Å². The number of rotatable bonds is 4. The molecule has 0 bridgehead atoms. The Morgan fingerprint density at radius 2 is 0.917 bits per heavy atom. The van der Waals surface area contributed by atoms with Gasteiger partial charge in [-0.15, -0.1) is 5.46 Å². The summed E-state index contributed by atoms with van der Waals surface area (Å²) in [6.07, 6.45) is 0. The first kappa shape index (κ1) is 19.3. The van der Waals surface area contributed by atoms with Gasteiger partial charge in [0.05, 0.1) is 0 Å². The molecule has 0 saturated heterocycles. The molecule has 0 radical (unpaired) electrons. The second-order valence-corrected chi connectivity index (χ2v) is 5.17. The van der Waals surface area contributed by atoms with E-state index in [1.807, 2.05) is 65.6 Å². The van der Waals surface area contributed by atoms with Crippen LogP contribution >= 0.6 is 0 Å². The van der Waals surface area contributed by atoms with Crippen LogP contribution in [0, 0.1) is 0 Å². The Labute approximate surface area is 182 Å². The van der Waals surface area contributed by atoms with Gasteiger partial charge in [0.2, 0.25) is 0 Å². The van der Waals surface area contributed by atoms with E-state index in [4.69, 9.17) is 0 Å². The summed E-state index contributed by atoms with van der Waals surface area (Å²) >= 11 is 0. The third kappa shape index (κ3) is 4.52. The van der Waals surface area contributed by atoms with Gasteiger partial charge in [0, 0.05) is 17.1 Å². The second kappa shape index (κ2) is 8.36. The number of hydrogen-bond donors (Lipinski definition) is 0. The topological polar surface area (TPSA) is 3.24 Å². The van der Waals surface area contributed by atoms with Gasteiger partial charge in [0.15, 0.2) is 0 Å². The third-order valence-corrected chi connectivity index (χ3v) is 3.56. The second-order valence-electron chi connectivity index (χ2n) is 5.17. The molecule has 0 saturated carbocycles. The normalized spacial score (nSPS) is 10.8. The monoisotopic (exact) mass is 351 g/mol. The number of benzene rings is 3. The van der Waals surface area contributed by atoms with E-state index in [-0.39, 0.29) is 51.4 Å². The molecular formula is C18H14BF3KN. The third-order valence-electron chi connectivity index (χ3n) is 3.56. The minimum Gasteiger partial charge on any atom is -0.445 e. The summed E-state index contributed by atoms with van der Waals surface area (Å²) in [6.45, 7) is -4.98. The summed E-state index contributed by atoms with van der Waals surface area (Å²) < 4.78 is 38.4. The molecule has 0 aliphatic carbocycles. The first-order chi connectivity index (χ1) is 11.1. The number of nitrogens with zero attached hydrogens (tertiary/aromatic N) is 1. The van der Waals surface area contributed by atoms with E-state index in [0.717, 1.165) is 23.5 Å². The van der Waals surface area contributed by atoms with Crippen molar-refractivity contribution >= 4 is 29.5 Å². The van der Waals surface area contributed by atoms with Crippen molar-refractivity contribution in [2.24, 2.45) is 0 Å². The average Bonchev–Trinajstić information content (AvgIpc) is 2.57. The summed E-state index contributed by atoms with van der Waals surface area (Å²) in [5, 5.41) is 0. The van der Waals surface area contributed by atoms with Crippen molar-refractivity contribution in [3.05, 3.63) is 84.9 Å². The van der Waals surface area contributed by atoms with Crippen LogP contribution in [0.1, 0.15) is 0 Å². The Balaban J connectivity index is 0.00000208. The van der Waals surface area contributed by atoms with Gasteiger partial charge >= 0.3 is 58.4 Å². The molecule has 3 aromatic rings. The molecule has 0 heterocycles. The zero-order valence-electron chi connectivity index (χ0n) is 13.2. The van der Waals surface area contributed by atoms with Gasteiger partial charge in [-0.05, 0) is 36.4 Å². The van der Waals surface area contributed by atoms with Crippen LogP contribution in [-0.4, -0.2) is 6.98 Å². The smallest absolute Gasteiger partial charge is 0.445 e. The Morgan fingerprint density at radius 3 is 1.29 bits per heavy atom. The van der Waals surface area contributed by atoms with Gasteiger partial charge in [0.25, 0.3) is 0 Å². The van der Waals surface area contributed by atoms with Crippen LogP contribution in [0.15, 0.2) is 84.9 Å². The van der Waals surface area contributed by atoms with Crippen LogP contribution in [0.3, 0.4) is 0 Å². The van der Waals surface area contributed by atoms with E-state index in [1.54, 1.807) is 0 Å². The fourth-order valence-electron chi connectivity index (χ4n) is 2.44. The molecule has 1 nitrogen and oxygen atoms in total. The van der Waals surface area contributed by atoms with Crippen LogP contribution in [-0.2, 0) is 0 Å². The van der Waals surface area contributed by atoms with Gasteiger partial charge in [-0.2, -0.15) is 0 Å². The zero-order chi connectivity index (χ0) is 16.3. The van der Waals surface area contributed by atoms with Crippen molar-refractivity contribution < 1.29 is 64.3 Å². The van der Waals surface area contributed by atoms with Crippen LogP contribution in [0.5, 0.6) is 0 Å². The molecule has 24 heavy (non-hydrogen) atoms. The minimum absolute atomic E-state index is 0. The maximum atomic E-state index is 12.8. The number of hydrogen-bond acceptors (Lipinski definition) is 1. The molecule has 0 N–H and O–H groups in total. The first-order valence-electron chi connectivity index (χ1n) is 7.26. The van der Waals surface area contributed by atoms with E-state index in [9.17, 15) is 12.9 Å². The fourth-order valence-corrected chi connectivity index (χ4v) is 2.44. The number of para-hydroxylation sites is 2. The molecule has 116 valence electrons. The zero-order valence-corrected chi connectivity index (χ0v) is 16.4. The summed E-state index contributed by atoms with van der Waals surface area (Å²) in [5.74, 6) is 0. The van der Waals surface area contributed by atoms with Crippen molar-refractivity contribution in [1.82, 2.24) is 0 Å². The molecule has 0 aliphatic rings. The van der Waals surface area contributed by atoms with Gasteiger partial charge in [-0.3, -0.25) is 0 Å². The molecular weight excluding hydrogens is 337 g/mol. The Kier molecular flexibility index (Phi) is 6.71. The Hall–Kier alpha value is -1.05. The standard InChI is InChI=1S/C18H14BF3N.K/c20-19(21,22)15-11-13-18(14-12-15)23(16-7-3-1-4-8-16)17-9-5-2-6-10-17;/h1-14H;/q-1;+1. The van der Waals surface area contributed by atoms with E-state index < -0.39 is 12.4 Å².